The minimum absolute atomic E-state index is 0.203. The topological polar surface area (TPSA) is 55.2 Å². The van der Waals surface area contributed by atoms with Gasteiger partial charge < -0.3 is 5.32 Å². The molecule has 2 rings (SSSR count). The fourth-order valence-corrected chi connectivity index (χ4v) is 3.37. The lowest BCUT2D eigenvalue weighted by Crippen LogP contribution is -2.10. The zero-order valence-corrected chi connectivity index (χ0v) is 11.9. The maximum Gasteiger partial charge on any atom is 0.324 e. The van der Waals surface area contributed by atoms with Gasteiger partial charge in [0.25, 0.3) is 0 Å². The third kappa shape index (κ3) is 3.16. The van der Waals surface area contributed by atoms with Crippen LogP contribution in [-0.2, 0) is 13.1 Å². The number of hydrogen-bond donors (Lipinski definition) is 1. The van der Waals surface area contributed by atoms with Crippen LogP contribution in [0.2, 0.25) is 0 Å². The van der Waals surface area contributed by atoms with Gasteiger partial charge in [-0.2, -0.15) is 0 Å². The van der Waals surface area contributed by atoms with Crippen LogP contribution in [0.3, 0.4) is 0 Å². The molecule has 2 aromatic rings. The van der Waals surface area contributed by atoms with Gasteiger partial charge in [-0.25, -0.2) is 0 Å². The molecule has 0 radical (unpaired) electrons. The standard InChI is InChI=1S/C12H14N2O2S2/c1-8-3-11(18-9(8)2)6-13-5-10-4-12(14(15)16)17-7-10/h3-4,7,13H,5-6H2,1-2H3. The molecule has 18 heavy (non-hydrogen) atoms. The maximum atomic E-state index is 10.5. The van der Waals surface area contributed by atoms with Crippen LogP contribution >= 0.6 is 22.7 Å². The van der Waals surface area contributed by atoms with Gasteiger partial charge in [0, 0.05) is 34.3 Å². The smallest absolute Gasteiger partial charge is 0.308 e. The highest BCUT2D eigenvalue weighted by molar-refractivity contribution is 7.13. The fourth-order valence-electron chi connectivity index (χ4n) is 1.62. The predicted octanol–water partition coefficient (Wildman–Crippen LogP) is 3.62. The van der Waals surface area contributed by atoms with Gasteiger partial charge in [-0.15, -0.1) is 11.3 Å². The number of nitrogens with zero attached hydrogens (tertiary/aromatic N) is 1. The van der Waals surface area contributed by atoms with E-state index in [4.69, 9.17) is 0 Å². The van der Waals surface area contributed by atoms with Crippen LogP contribution in [0.25, 0.3) is 0 Å². The van der Waals surface area contributed by atoms with Gasteiger partial charge in [-0.05, 0) is 31.0 Å². The van der Waals surface area contributed by atoms with Crippen molar-refractivity contribution in [1.82, 2.24) is 5.32 Å². The molecule has 0 bridgehead atoms. The number of thiophene rings is 2. The summed E-state index contributed by atoms with van der Waals surface area (Å²) in [4.78, 5) is 12.8. The molecule has 0 atom stereocenters. The van der Waals surface area contributed by atoms with E-state index < -0.39 is 0 Å². The highest BCUT2D eigenvalue weighted by atomic mass is 32.1. The van der Waals surface area contributed by atoms with Gasteiger partial charge in [0.15, 0.2) is 0 Å². The van der Waals surface area contributed by atoms with Crippen molar-refractivity contribution in [1.29, 1.82) is 0 Å². The van der Waals surface area contributed by atoms with E-state index in [9.17, 15) is 10.1 Å². The first kappa shape index (κ1) is 13.2. The monoisotopic (exact) mass is 282 g/mol. The van der Waals surface area contributed by atoms with Crippen molar-refractivity contribution in [2.45, 2.75) is 26.9 Å². The summed E-state index contributed by atoms with van der Waals surface area (Å²) in [6.07, 6.45) is 0. The molecule has 0 saturated carbocycles. The summed E-state index contributed by atoms with van der Waals surface area (Å²) in [7, 11) is 0. The Morgan fingerprint density at radius 2 is 2.11 bits per heavy atom. The molecule has 0 aliphatic carbocycles. The number of hydrogen-bond acceptors (Lipinski definition) is 5. The summed E-state index contributed by atoms with van der Waals surface area (Å²) in [5, 5.41) is 15.9. The van der Waals surface area contributed by atoms with Crippen LogP contribution in [0.4, 0.5) is 5.00 Å². The molecule has 2 aromatic heterocycles. The summed E-state index contributed by atoms with van der Waals surface area (Å²) >= 11 is 2.97. The van der Waals surface area contributed by atoms with Gasteiger partial charge in [0.1, 0.15) is 0 Å². The molecule has 96 valence electrons. The fraction of sp³-hybridized carbons (Fsp3) is 0.333. The molecule has 0 aliphatic heterocycles. The lowest BCUT2D eigenvalue weighted by molar-refractivity contribution is -0.380. The van der Waals surface area contributed by atoms with E-state index in [1.165, 1.54) is 26.7 Å². The zero-order chi connectivity index (χ0) is 13.1. The normalized spacial score (nSPS) is 10.8. The molecule has 0 saturated heterocycles. The third-order valence-corrected chi connectivity index (χ3v) is 4.75. The van der Waals surface area contributed by atoms with Gasteiger partial charge in [-0.3, -0.25) is 10.1 Å². The van der Waals surface area contributed by atoms with E-state index in [0.717, 1.165) is 12.1 Å². The number of aryl methyl sites for hydroxylation is 2. The second kappa shape index (κ2) is 5.60. The minimum atomic E-state index is -0.347. The molecule has 0 aliphatic rings. The van der Waals surface area contributed by atoms with Crippen molar-refractivity contribution < 1.29 is 4.92 Å². The van der Waals surface area contributed by atoms with E-state index in [-0.39, 0.29) is 9.92 Å². The van der Waals surface area contributed by atoms with Crippen molar-refractivity contribution in [3.63, 3.8) is 0 Å². The minimum Gasteiger partial charge on any atom is -0.308 e. The number of nitro groups is 1. The van der Waals surface area contributed by atoms with E-state index >= 15 is 0 Å². The van der Waals surface area contributed by atoms with E-state index in [2.05, 4.69) is 25.2 Å². The first-order valence-electron chi connectivity index (χ1n) is 5.54. The molecule has 0 spiro atoms. The highest BCUT2D eigenvalue weighted by Gasteiger charge is 2.09. The Hall–Kier alpha value is -1.24. The number of nitrogens with one attached hydrogen (secondary N) is 1. The Balaban J connectivity index is 1.86. The second-order valence-electron chi connectivity index (χ2n) is 4.11. The quantitative estimate of drug-likeness (QED) is 0.673. The first-order valence-corrected chi connectivity index (χ1v) is 7.24. The number of rotatable bonds is 5. The Morgan fingerprint density at radius 1 is 1.33 bits per heavy atom. The second-order valence-corrected chi connectivity index (χ2v) is 6.34. The van der Waals surface area contributed by atoms with E-state index in [1.807, 2.05) is 5.38 Å². The summed E-state index contributed by atoms with van der Waals surface area (Å²) in [5.74, 6) is 0. The third-order valence-electron chi connectivity index (χ3n) is 2.67. The van der Waals surface area contributed by atoms with Crippen LogP contribution in [0.15, 0.2) is 17.5 Å². The molecular weight excluding hydrogens is 268 g/mol. The van der Waals surface area contributed by atoms with Crippen molar-refractivity contribution in [2.24, 2.45) is 0 Å². The summed E-state index contributed by atoms with van der Waals surface area (Å²) in [5.41, 5.74) is 2.29. The Bertz CT molecular complexity index is 541. The van der Waals surface area contributed by atoms with Crippen molar-refractivity contribution in [2.75, 3.05) is 0 Å². The molecule has 0 aromatic carbocycles. The Kier molecular flexibility index (Phi) is 4.11. The van der Waals surface area contributed by atoms with Crippen LogP contribution in [0.5, 0.6) is 0 Å². The average Bonchev–Trinajstić information content (AvgIpc) is 2.88. The van der Waals surface area contributed by atoms with E-state index in [1.54, 1.807) is 17.4 Å². The van der Waals surface area contributed by atoms with Crippen LogP contribution in [-0.4, -0.2) is 4.92 Å². The van der Waals surface area contributed by atoms with Crippen molar-refractivity contribution in [3.8, 4) is 0 Å². The maximum absolute atomic E-state index is 10.5. The SMILES string of the molecule is Cc1cc(CNCc2csc([N+](=O)[O-])c2)sc1C. The molecular formula is C12H14N2O2S2. The predicted molar refractivity (Wildman–Crippen MR) is 75.3 cm³/mol. The van der Waals surface area contributed by atoms with Gasteiger partial charge in [0.05, 0.1) is 4.92 Å². The summed E-state index contributed by atoms with van der Waals surface area (Å²) in [6, 6.07) is 3.81. The first-order chi connectivity index (χ1) is 8.56. The highest BCUT2D eigenvalue weighted by Crippen LogP contribution is 2.23. The average molecular weight is 282 g/mol. The lowest BCUT2D eigenvalue weighted by atomic mass is 10.3. The largest absolute Gasteiger partial charge is 0.324 e. The summed E-state index contributed by atoms with van der Waals surface area (Å²) in [6.45, 7) is 5.70. The molecule has 0 amide bonds. The molecule has 6 heteroatoms. The van der Waals surface area contributed by atoms with Crippen molar-refractivity contribution >= 4 is 27.7 Å². The Morgan fingerprint density at radius 3 is 2.67 bits per heavy atom. The molecule has 0 unspecified atom stereocenters. The Labute approximate surface area is 113 Å². The van der Waals surface area contributed by atoms with Gasteiger partial charge in [0.2, 0.25) is 0 Å². The van der Waals surface area contributed by atoms with Gasteiger partial charge >= 0.3 is 5.00 Å². The molecule has 4 nitrogen and oxygen atoms in total. The van der Waals surface area contributed by atoms with Crippen LogP contribution in [0, 0.1) is 24.0 Å². The van der Waals surface area contributed by atoms with E-state index in [0.29, 0.717) is 6.54 Å². The van der Waals surface area contributed by atoms with Gasteiger partial charge in [-0.1, -0.05) is 11.3 Å². The van der Waals surface area contributed by atoms with Crippen LogP contribution < -0.4 is 5.32 Å². The van der Waals surface area contributed by atoms with Crippen LogP contribution in [0.1, 0.15) is 20.9 Å². The van der Waals surface area contributed by atoms with Crippen molar-refractivity contribution in [3.05, 3.63) is 48.5 Å². The molecule has 0 fully saturated rings. The zero-order valence-electron chi connectivity index (χ0n) is 10.2. The lowest BCUT2D eigenvalue weighted by Gasteiger charge is -1.99. The molecule has 1 N–H and O–H groups in total. The summed E-state index contributed by atoms with van der Waals surface area (Å²) < 4.78 is 0. The molecule has 2 heterocycles.